The molecular weight excluding hydrogens is 260 g/mol. The summed E-state index contributed by atoms with van der Waals surface area (Å²) in [6.45, 7) is 11.7. The molecular formula is C19H30O2. The average molecular weight is 290 g/mol. The number of rotatable bonds is 8. The summed E-state index contributed by atoms with van der Waals surface area (Å²) in [6, 6.07) is 9.25. The predicted octanol–water partition coefficient (Wildman–Crippen LogP) is 5.33. The first kappa shape index (κ1) is 17.7. The van der Waals surface area contributed by atoms with Gasteiger partial charge in [-0.05, 0) is 43.2 Å². The number of hydrogen-bond acceptors (Lipinski definition) is 2. The topological polar surface area (TPSA) is 26.3 Å². The molecule has 0 saturated carbocycles. The van der Waals surface area contributed by atoms with Gasteiger partial charge in [-0.2, -0.15) is 0 Å². The maximum atomic E-state index is 12.2. The summed E-state index contributed by atoms with van der Waals surface area (Å²) in [5, 5.41) is 0. The molecule has 0 amide bonds. The van der Waals surface area contributed by atoms with Crippen LogP contribution in [0.25, 0.3) is 0 Å². The molecule has 0 N–H and O–H groups in total. The molecule has 21 heavy (non-hydrogen) atoms. The summed E-state index contributed by atoms with van der Waals surface area (Å²) < 4.78 is 5.65. The Hall–Kier alpha value is -1.31. The molecule has 2 heteroatoms. The van der Waals surface area contributed by atoms with Gasteiger partial charge in [-0.25, -0.2) is 4.79 Å². The van der Waals surface area contributed by atoms with E-state index >= 15 is 0 Å². The van der Waals surface area contributed by atoms with Crippen LogP contribution in [0.1, 0.15) is 64.2 Å². The van der Waals surface area contributed by atoms with Crippen molar-refractivity contribution in [1.82, 2.24) is 0 Å². The lowest BCUT2D eigenvalue weighted by atomic mass is 9.73. The van der Waals surface area contributed by atoms with Crippen molar-refractivity contribution in [2.75, 3.05) is 6.61 Å². The number of hydrogen-bond donors (Lipinski definition) is 0. The molecule has 0 spiro atoms. The molecule has 0 atom stereocenters. The second-order valence-corrected chi connectivity index (χ2v) is 6.99. The molecule has 1 aromatic rings. The zero-order valence-corrected chi connectivity index (χ0v) is 14.2. The van der Waals surface area contributed by atoms with E-state index in [1.165, 1.54) is 0 Å². The van der Waals surface area contributed by atoms with Crippen molar-refractivity contribution in [3.8, 4) is 0 Å². The Morgan fingerprint density at radius 2 is 1.57 bits per heavy atom. The fourth-order valence-corrected chi connectivity index (χ4v) is 3.20. The fraction of sp³-hybridized carbons (Fsp3) is 0.632. The van der Waals surface area contributed by atoms with Gasteiger partial charge in [0.05, 0.1) is 12.2 Å². The lowest BCUT2D eigenvalue weighted by Crippen LogP contribution is -2.31. The Kier molecular flexibility index (Phi) is 6.94. The highest BCUT2D eigenvalue weighted by Gasteiger charge is 2.31. The molecule has 0 aliphatic carbocycles. The number of esters is 1. The van der Waals surface area contributed by atoms with Crippen molar-refractivity contribution in [1.29, 1.82) is 0 Å². The minimum absolute atomic E-state index is 0.104. The van der Waals surface area contributed by atoms with E-state index in [0.29, 0.717) is 24.0 Å². The maximum Gasteiger partial charge on any atom is 0.338 e. The molecule has 0 heterocycles. The van der Waals surface area contributed by atoms with Gasteiger partial charge in [0, 0.05) is 5.41 Å². The SMILES string of the molecule is CCC(COC(=O)c1ccccc1)(CC(C)C)CC(C)C. The molecule has 0 aromatic heterocycles. The molecule has 1 aromatic carbocycles. The van der Waals surface area contributed by atoms with E-state index in [0.717, 1.165) is 19.3 Å². The van der Waals surface area contributed by atoms with E-state index in [2.05, 4.69) is 34.6 Å². The van der Waals surface area contributed by atoms with Gasteiger partial charge in [-0.1, -0.05) is 52.8 Å². The minimum atomic E-state index is -0.207. The van der Waals surface area contributed by atoms with Crippen molar-refractivity contribution < 1.29 is 9.53 Å². The molecule has 118 valence electrons. The lowest BCUT2D eigenvalue weighted by Gasteiger charge is -2.35. The van der Waals surface area contributed by atoms with Gasteiger partial charge in [0.15, 0.2) is 0 Å². The van der Waals surface area contributed by atoms with Crippen LogP contribution in [0.15, 0.2) is 30.3 Å². The van der Waals surface area contributed by atoms with Crippen LogP contribution < -0.4 is 0 Å². The summed E-state index contributed by atoms with van der Waals surface area (Å²) in [4.78, 5) is 12.2. The van der Waals surface area contributed by atoms with E-state index in [1.807, 2.05) is 18.2 Å². The van der Waals surface area contributed by atoms with Crippen LogP contribution in [0.3, 0.4) is 0 Å². The first-order chi connectivity index (χ1) is 9.88. The molecule has 0 radical (unpaired) electrons. The molecule has 0 fully saturated rings. The van der Waals surface area contributed by atoms with E-state index < -0.39 is 0 Å². The summed E-state index contributed by atoms with van der Waals surface area (Å²) in [5.41, 5.74) is 0.740. The summed E-state index contributed by atoms with van der Waals surface area (Å²) >= 11 is 0. The molecule has 0 unspecified atom stereocenters. The van der Waals surface area contributed by atoms with E-state index in [9.17, 15) is 4.79 Å². The maximum absolute atomic E-state index is 12.2. The van der Waals surface area contributed by atoms with E-state index in [1.54, 1.807) is 12.1 Å². The molecule has 0 saturated heterocycles. The minimum Gasteiger partial charge on any atom is -0.462 e. The highest BCUT2D eigenvalue weighted by atomic mass is 16.5. The van der Waals surface area contributed by atoms with Crippen molar-refractivity contribution in [3.63, 3.8) is 0 Å². The fourth-order valence-electron chi connectivity index (χ4n) is 3.20. The lowest BCUT2D eigenvalue weighted by molar-refractivity contribution is 0.0145. The first-order valence-electron chi connectivity index (χ1n) is 8.10. The van der Waals surface area contributed by atoms with Crippen LogP contribution in [0.2, 0.25) is 0 Å². The van der Waals surface area contributed by atoms with E-state index in [4.69, 9.17) is 4.74 Å². The van der Waals surface area contributed by atoms with Crippen molar-refractivity contribution in [3.05, 3.63) is 35.9 Å². The third-order valence-electron chi connectivity index (χ3n) is 3.95. The monoisotopic (exact) mass is 290 g/mol. The summed E-state index contributed by atoms with van der Waals surface area (Å²) in [6.07, 6.45) is 3.25. The van der Waals surface area contributed by atoms with Crippen LogP contribution in [0, 0.1) is 17.3 Å². The Bertz CT molecular complexity index is 410. The van der Waals surface area contributed by atoms with Gasteiger partial charge in [0.1, 0.15) is 0 Å². The zero-order valence-electron chi connectivity index (χ0n) is 14.2. The molecule has 0 aliphatic heterocycles. The second-order valence-electron chi connectivity index (χ2n) is 6.99. The Morgan fingerprint density at radius 3 is 2.00 bits per heavy atom. The second kappa shape index (κ2) is 8.21. The number of carbonyl (C=O) groups is 1. The average Bonchev–Trinajstić information content (AvgIpc) is 2.44. The largest absolute Gasteiger partial charge is 0.462 e. The normalized spacial score (nSPS) is 12.0. The summed E-state index contributed by atoms with van der Waals surface area (Å²) in [5.74, 6) is 1.01. The van der Waals surface area contributed by atoms with Crippen LogP contribution >= 0.6 is 0 Å². The number of ether oxygens (including phenoxy) is 1. The van der Waals surface area contributed by atoms with Crippen molar-refractivity contribution in [2.45, 2.75) is 53.9 Å². The molecule has 0 aliphatic rings. The van der Waals surface area contributed by atoms with Gasteiger partial charge < -0.3 is 4.74 Å². The molecule has 0 bridgehead atoms. The Balaban J connectivity index is 2.74. The predicted molar refractivity (Wildman–Crippen MR) is 88.4 cm³/mol. The van der Waals surface area contributed by atoms with Crippen LogP contribution in [0.5, 0.6) is 0 Å². The highest BCUT2D eigenvalue weighted by molar-refractivity contribution is 5.89. The van der Waals surface area contributed by atoms with Crippen LogP contribution in [-0.2, 0) is 4.74 Å². The van der Waals surface area contributed by atoms with Crippen LogP contribution in [0.4, 0.5) is 0 Å². The Labute approximate surface area is 129 Å². The van der Waals surface area contributed by atoms with Crippen molar-refractivity contribution in [2.24, 2.45) is 17.3 Å². The quantitative estimate of drug-likeness (QED) is 0.605. The third-order valence-corrected chi connectivity index (χ3v) is 3.95. The van der Waals surface area contributed by atoms with Gasteiger partial charge in [-0.3, -0.25) is 0 Å². The Morgan fingerprint density at radius 1 is 1.05 bits per heavy atom. The molecule has 1 rings (SSSR count). The standard InChI is InChI=1S/C19H30O2/c1-6-19(12-15(2)3,13-16(4)5)14-21-18(20)17-10-8-7-9-11-17/h7-11,15-16H,6,12-14H2,1-5H3. The number of benzene rings is 1. The number of carbonyl (C=O) groups excluding carboxylic acids is 1. The third kappa shape index (κ3) is 5.91. The van der Waals surface area contributed by atoms with Gasteiger partial charge in [0.2, 0.25) is 0 Å². The zero-order chi connectivity index (χ0) is 15.9. The highest BCUT2D eigenvalue weighted by Crippen LogP contribution is 2.37. The van der Waals surface area contributed by atoms with Gasteiger partial charge in [-0.15, -0.1) is 0 Å². The van der Waals surface area contributed by atoms with Crippen molar-refractivity contribution >= 4 is 5.97 Å². The molecule has 2 nitrogen and oxygen atoms in total. The smallest absolute Gasteiger partial charge is 0.338 e. The van der Waals surface area contributed by atoms with Gasteiger partial charge in [0.25, 0.3) is 0 Å². The van der Waals surface area contributed by atoms with E-state index in [-0.39, 0.29) is 11.4 Å². The summed E-state index contributed by atoms with van der Waals surface area (Å²) in [7, 11) is 0. The van der Waals surface area contributed by atoms with Crippen LogP contribution in [-0.4, -0.2) is 12.6 Å². The van der Waals surface area contributed by atoms with Gasteiger partial charge >= 0.3 is 5.97 Å². The first-order valence-corrected chi connectivity index (χ1v) is 8.10.